The molecule has 0 bridgehead atoms. The molecule has 1 aliphatic carbocycles. The van der Waals surface area contributed by atoms with Crippen molar-refractivity contribution in [2.24, 2.45) is 28.7 Å². The van der Waals surface area contributed by atoms with Gasteiger partial charge in [-0.15, -0.1) is 0 Å². The molecule has 0 saturated heterocycles. The van der Waals surface area contributed by atoms with Crippen LogP contribution in [0.3, 0.4) is 0 Å². The van der Waals surface area contributed by atoms with Crippen LogP contribution < -0.4 is 0 Å². The standard InChI is InChI=1S/C13H19NO4/c1-7(2)13-14-12-10(6-17)9(5-16)8(4-15)3-11(12)18-13/h5-12,15H,3-4H2,1-2H3/t8-,9+,10+,11-,12+/m0/s1. The van der Waals surface area contributed by atoms with Crippen LogP contribution in [0.15, 0.2) is 4.99 Å². The fourth-order valence-corrected chi connectivity index (χ4v) is 2.86. The Labute approximate surface area is 106 Å². The van der Waals surface area contributed by atoms with Crippen molar-refractivity contribution in [3.63, 3.8) is 0 Å². The van der Waals surface area contributed by atoms with Crippen LogP contribution in [-0.2, 0) is 14.3 Å². The first-order chi connectivity index (χ1) is 8.62. The maximum atomic E-state index is 11.2. The Morgan fingerprint density at radius 1 is 1.39 bits per heavy atom. The lowest BCUT2D eigenvalue weighted by Gasteiger charge is -2.37. The second kappa shape index (κ2) is 5.18. The van der Waals surface area contributed by atoms with Gasteiger partial charge in [-0.2, -0.15) is 0 Å². The van der Waals surface area contributed by atoms with Gasteiger partial charge >= 0.3 is 0 Å². The van der Waals surface area contributed by atoms with Gasteiger partial charge in [-0.3, -0.25) is 0 Å². The van der Waals surface area contributed by atoms with Crippen LogP contribution in [0, 0.1) is 23.7 Å². The second-order valence-electron chi connectivity index (χ2n) is 5.37. The number of aldehydes is 2. The van der Waals surface area contributed by atoms with Crippen LogP contribution in [0.1, 0.15) is 20.3 Å². The molecule has 0 aromatic heterocycles. The number of hydrogen-bond donors (Lipinski definition) is 1. The molecule has 2 rings (SSSR count). The van der Waals surface area contributed by atoms with Gasteiger partial charge in [0.1, 0.15) is 24.7 Å². The first-order valence-corrected chi connectivity index (χ1v) is 6.38. The van der Waals surface area contributed by atoms with E-state index in [1.54, 1.807) is 0 Å². The molecule has 1 fully saturated rings. The molecule has 0 spiro atoms. The van der Waals surface area contributed by atoms with Crippen LogP contribution >= 0.6 is 0 Å². The van der Waals surface area contributed by atoms with Crippen LogP contribution in [0.2, 0.25) is 0 Å². The fraction of sp³-hybridized carbons (Fsp3) is 0.769. The Hall–Kier alpha value is -1.23. The van der Waals surface area contributed by atoms with E-state index in [-0.39, 0.29) is 30.6 Å². The zero-order chi connectivity index (χ0) is 13.3. The minimum atomic E-state index is -0.477. The molecule has 0 aromatic rings. The lowest BCUT2D eigenvalue weighted by atomic mass is 9.70. The number of ether oxygens (including phenoxy) is 1. The number of aliphatic imine (C=N–C) groups is 1. The van der Waals surface area contributed by atoms with Gasteiger partial charge in [-0.1, -0.05) is 13.8 Å². The molecule has 0 aromatic carbocycles. The van der Waals surface area contributed by atoms with E-state index >= 15 is 0 Å². The molecule has 1 aliphatic heterocycles. The third kappa shape index (κ3) is 2.07. The summed E-state index contributed by atoms with van der Waals surface area (Å²) in [6.45, 7) is 3.86. The van der Waals surface area contributed by atoms with E-state index in [1.165, 1.54) is 0 Å². The molecule has 5 atom stereocenters. The fourth-order valence-electron chi connectivity index (χ4n) is 2.86. The van der Waals surface area contributed by atoms with Crippen molar-refractivity contribution in [3.05, 3.63) is 0 Å². The smallest absolute Gasteiger partial charge is 0.186 e. The minimum Gasteiger partial charge on any atom is -0.475 e. The van der Waals surface area contributed by atoms with Crippen molar-refractivity contribution in [1.82, 2.24) is 0 Å². The van der Waals surface area contributed by atoms with Crippen LogP contribution in [-0.4, -0.2) is 42.3 Å². The number of nitrogens with zero attached hydrogens (tertiary/aromatic N) is 1. The van der Waals surface area contributed by atoms with E-state index in [2.05, 4.69) is 4.99 Å². The topological polar surface area (TPSA) is 76.0 Å². The van der Waals surface area contributed by atoms with Crippen molar-refractivity contribution >= 4 is 18.5 Å². The number of rotatable bonds is 4. The summed E-state index contributed by atoms with van der Waals surface area (Å²) in [5.41, 5.74) is 0. The van der Waals surface area contributed by atoms with Crippen LogP contribution in [0.25, 0.3) is 0 Å². The first kappa shape index (κ1) is 13.2. The van der Waals surface area contributed by atoms with E-state index < -0.39 is 11.8 Å². The van der Waals surface area contributed by atoms with Gasteiger partial charge in [-0.25, -0.2) is 4.99 Å². The van der Waals surface area contributed by atoms with Crippen molar-refractivity contribution in [2.75, 3.05) is 6.61 Å². The highest BCUT2D eigenvalue weighted by molar-refractivity contribution is 5.81. The lowest BCUT2D eigenvalue weighted by Crippen LogP contribution is -2.47. The molecule has 0 unspecified atom stereocenters. The molecule has 2 aliphatic rings. The monoisotopic (exact) mass is 253 g/mol. The Bertz CT molecular complexity index is 366. The summed E-state index contributed by atoms with van der Waals surface area (Å²) in [5, 5.41) is 9.33. The average molecular weight is 253 g/mol. The van der Waals surface area contributed by atoms with Crippen LogP contribution in [0.5, 0.6) is 0 Å². The number of hydrogen-bond acceptors (Lipinski definition) is 5. The summed E-state index contributed by atoms with van der Waals surface area (Å²) in [6, 6.07) is -0.266. The third-order valence-corrected chi connectivity index (χ3v) is 3.89. The molecule has 5 nitrogen and oxygen atoms in total. The lowest BCUT2D eigenvalue weighted by molar-refractivity contribution is -0.126. The molecule has 0 radical (unpaired) electrons. The summed E-state index contributed by atoms with van der Waals surface area (Å²) >= 11 is 0. The van der Waals surface area contributed by atoms with Gasteiger partial charge in [0.25, 0.3) is 0 Å². The number of aliphatic hydroxyl groups is 1. The summed E-state index contributed by atoms with van der Waals surface area (Å²) in [6.07, 6.45) is 1.97. The predicted octanol–water partition coefficient (Wildman–Crippen LogP) is 0.451. The zero-order valence-electron chi connectivity index (χ0n) is 10.7. The number of carbonyl (C=O) groups is 2. The van der Waals surface area contributed by atoms with Crippen molar-refractivity contribution in [3.8, 4) is 0 Å². The Morgan fingerprint density at radius 2 is 2.06 bits per heavy atom. The number of fused-ring (bicyclic) bond motifs is 1. The van der Waals surface area contributed by atoms with E-state index in [4.69, 9.17) is 4.74 Å². The summed E-state index contributed by atoms with van der Waals surface area (Å²) in [7, 11) is 0. The Kier molecular flexibility index (Phi) is 3.80. The number of carbonyl (C=O) groups excluding carboxylic acids is 2. The van der Waals surface area contributed by atoms with Crippen molar-refractivity contribution < 1.29 is 19.4 Å². The molecular weight excluding hydrogens is 234 g/mol. The van der Waals surface area contributed by atoms with E-state index in [9.17, 15) is 14.7 Å². The molecule has 5 heteroatoms. The van der Waals surface area contributed by atoms with E-state index in [0.717, 1.165) is 12.6 Å². The van der Waals surface area contributed by atoms with Gasteiger partial charge < -0.3 is 19.4 Å². The molecule has 18 heavy (non-hydrogen) atoms. The summed E-state index contributed by atoms with van der Waals surface area (Å²) in [5.74, 6) is -0.312. The Balaban J connectivity index is 2.26. The normalized spacial score (nSPS) is 38.9. The Morgan fingerprint density at radius 3 is 2.56 bits per heavy atom. The quantitative estimate of drug-likeness (QED) is 0.738. The molecule has 1 heterocycles. The maximum absolute atomic E-state index is 11.2. The average Bonchev–Trinajstić information content (AvgIpc) is 2.79. The second-order valence-corrected chi connectivity index (χ2v) is 5.37. The van der Waals surface area contributed by atoms with E-state index in [0.29, 0.717) is 12.3 Å². The number of aliphatic hydroxyl groups excluding tert-OH is 1. The molecule has 0 amide bonds. The summed E-state index contributed by atoms with van der Waals surface area (Å²) < 4.78 is 5.75. The highest BCUT2D eigenvalue weighted by Gasteiger charge is 2.48. The van der Waals surface area contributed by atoms with Crippen molar-refractivity contribution in [1.29, 1.82) is 0 Å². The third-order valence-electron chi connectivity index (χ3n) is 3.89. The van der Waals surface area contributed by atoms with Crippen LogP contribution in [0.4, 0.5) is 0 Å². The molecular formula is C13H19NO4. The molecule has 100 valence electrons. The first-order valence-electron chi connectivity index (χ1n) is 6.38. The molecule has 1 N–H and O–H groups in total. The highest BCUT2D eigenvalue weighted by Crippen LogP contribution is 2.39. The summed E-state index contributed by atoms with van der Waals surface area (Å²) in [4.78, 5) is 26.8. The van der Waals surface area contributed by atoms with Gasteiger partial charge in [0.05, 0.1) is 5.92 Å². The SMILES string of the molecule is CC(C)C1=N[C@@H]2[C@H](C=O)[C@H](C=O)[C@H](CO)C[C@@H]2O1. The van der Waals surface area contributed by atoms with Gasteiger partial charge in [0.2, 0.25) is 0 Å². The highest BCUT2D eigenvalue weighted by atomic mass is 16.5. The van der Waals surface area contributed by atoms with E-state index in [1.807, 2.05) is 13.8 Å². The maximum Gasteiger partial charge on any atom is 0.186 e. The van der Waals surface area contributed by atoms with Crippen molar-refractivity contribution in [2.45, 2.75) is 32.4 Å². The van der Waals surface area contributed by atoms with Gasteiger partial charge in [0.15, 0.2) is 5.90 Å². The predicted molar refractivity (Wildman–Crippen MR) is 65.2 cm³/mol. The van der Waals surface area contributed by atoms with Gasteiger partial charge in [0, 0.05) is 18.4 Å². The van der Waals surface area contributed by atoms with Gasteiger partial charge in [-0.05, 0) is 12.3 Å². The largest absolute Gasteiger partial charge is 0.475 e. The zero-order valence-corrected chi connectivity index (χ0v) is 10.7. The minimum absolute atomic E-state index is 0.0999. The molecule has 1 saturated carbocycles.